The van der Waals surface area contributed by atoms with Crippen molar-refractivity contribution in [3.8, 4) is 0 Å². The van der Waals surface area contributed by atoms with E-state index in [-0.39, 0.29) is 0 Å². The summed E-state index contributed by atoms with van der Waals surface area (Å²) >= 11 is 0. The first-order valence-electron chi connectivity index (χ1n) is 6.52. The van der Waals surface area contributed by atoms with E-state index >= 15 is 0 Å². The fourth-order valence-corrected chi connectivity index (χ4v) is 1.60. The van der Waals surface area contributed by atoms with Gasteiger partial charge in [0.05, 0.1) is 0 Å². The summed E-state index contributed by atoms with van der Waals surface area (Å²) in [5.74, 6) is 0.923. The molecule has 0 aliphatic heterocycles. The number of unbranched alkanes of at least 4 members (excludes halogenated alkanes) is 3. The molecule has 1 N–H and O–H groups in total. The molecular formula is C14H29N. The van der Waals surface area contributed by atoms with Gasteiger partial charge in [-0.3, -0.25) is 0 Å². The van der Waals surface area contributed by atoms with Crippen molar-refractivity contribution in [3.63, 3.8) is 0 Å². The summed E-state index contributed by atoms with van der Waals surface area (Å²) in [4.78, 5) is 0. The number of nitrogens with one attached hydrogen (secondary N) is 1. The van der Waals surface area contributed by atoms with Crippen molar-refractivity contribution in [1.29, 1.82) is 0 Å². The summed E-state index contributed by atoms with van der Waals surface area (Å²) in [6.45, 7) is 12.7. The Bertz CT molecular complexity index is 151. The molecule has 1 atom stereocenters. The molecule has 90 valence electrons. The Labute approximate surface area is 96.3 Å². The van der Waals surface area contributed by atoms with E-state index in [4.69, 9.17) is 0 Å². The van der Waals surface area contributed by atoms with E-state index < -0.39 is 0 Å². The highest BCUT2D eigenvalue weighted by molar-refractivity contribution is 4.90. The fraction of sp³-hybridized carbons (Fsp3) is 0.857. The zero-order chi connectivity index (χ0) is 11.5. The molecule has 0 aliphatic carbocycles. The Hall–Kier alpha value is -0.300. The molecule has 0 heterocycles. The van der Waals surface area contributed by atoms with E-state index in [1.807, 2.05) is 0 Å². The first-order chi connectivity index (χ1) is 7.16. The van der Waals surface area contributed by atoms with E-state index in [9.17, 15) is 0 Å². The van der Waals surface area contributed by atoms with Crippen LogP contribution in [0.15, 0.2) is 12.2 Å². The monoisotopic (exact) mass is 211 g/mol. The highest BCUT2D eigenvalue weighted by Crippen LogP contribution is 2.12. The van der Waals surface area contributed by atoms with E-state index in [0.717, 1.165) is 19.0 Å². The second kappa shape index (κ2) is 10.2. The van der Waals surface area contributed by atoms with Gasteiger partial charge in [0.15, 0.2) is 0 Å². The second-order valence-electron chi connectivity index (χ2n) is 4.85. The van der Waals surface area contributed by atoms with E-state index in [1.165, 1.54) is 44.1 Å². The van der Waals surface area contributed by atoms with E-state index in [0.29, 0.717) is 0 Å². The molecule has 0 amide bonds. The van der Waals surface area contributed by atoms with Crippen LogP contribution in [0.1, 0.15) is 59.3 Å². The largest absolute Gasteiger partial charge is 0.313 e. The molecule has 0 aliphatic rings. The van der Waals surface area contributed by atoms with Crippen molar-refractivity contribution >= 4 is 0 Å². The van der Waals surface area contributed by atoms with Crippen molar-refractivity contribution < 1.29 is 0 Å². The van der Waals surface area contributed by atoms with Gasteiger partial charge < -0.3 is 5.32 Å². The Morgan fingerprint density at radius 2 is 1.87 bits per heavy atom. The minimum atomic E-state index is 0.923. The molecule has 0 saturated heterocycles. The van der Waals surface area contributed by atoms with Gasteiger partial charge in [-0.1, -0.05) is 58.1 Å². The fourth-order valence-electron chi connectivity index (χ4n) is 1.60. The predicted molar refractivity (Wildman–Crippen MR) is 70.2 cm³/mol. The molecular weight excluding hydrogens is 182 g/mol. The average Bonchev–Trinajstić information content (AvgIpc) is 2.21. The minimum Gasteiger partial charge on any atom is -0.313 e. The first-order valence-corrected chi connectivity index (χ1v) is 6.52. The van der Waals surface area contributed by atoms with Crippen molar-refractivity contribution in [2.24, 2.45) is 5.92 Å². The Morgan fingerprint density at radius 3 is 2.47 bits per heavy atom. The maximum absolute atomic E-state index is 3.87. The summed E-state index contributed by atoms with van der Waals surface area (Å²) in [6, 6.07) is 0. The molecule has 0 bridgehead atoms. The third-order valence-electron chi connectivity index (χ3n) is 2.92. The zero-order valence-electron chi connectivity index (χ0n) is 10.9. The van der Waals surface area contributed by atoms with Crippen LogP contribution in [0.5, 0.6) is 0 Å². The lowest BCUT2D eigenvalue weighted by atomic mass is 10.0. The minimum absolute atomic E-state index is 0.923. The third kappa shape index (κ3) is 11.6. The van der Waals surface area contributed by atoms with Crippen LogP contribution in [-0.2, 0) is 0 Å². The smallest absolute Gasteiger partial charge is 0.0159 e. The van der Waals surface area contributed by atoms with Crippen LogP contribution in [0.3, 0.4) is 0 Å². The van der Waals surface area contributed by atoms with Gasteiger partial charge in [-0.15, -0.1) is 0 Å². The van der Waals surface area contributed by atoms with Gasteiger partial charge in [-0.05, 0) is 25.8 Å². The van der Waals surface area contributed by atoms with Gasteiger partial charge in [0.2, 0.25) is 0 Å². The van der Waals surface area contributed by atoms with Gasteiger partial charge >= 0.3 is 0 Å². The lowest BCUT2D eigenvalue weighted by Gasteiger charge is -2.07. The highest BCUT2D eigenvalue weighted by atomic mass is 14.8. The maximum atomic E-state index is 3.87. The van der Waals surface area contributed by atoms with Crippen LogP contribution in [0.4, 0.5) is 0 Å². The number of hydrogen-bond acceptors (Lipinski definition) is 1. The second-order valence-corrected chi connectivity index (χ2v) is 4.85. The first kappa shape index (κ1) is 14.7. The van der Waals surface area contributed by atoms with Crippen LogP contribution in [0.2, 0.25) is 0 Å². The summed E-state index contributed by atoms with van der Waals surface area (Å²) in [5, 5.41) is 3.40. The highest BCUT2D eigenvalue weighted by Gasteiger charge is 1.97. The molecule has 1 heteroatoms. The molecule has 0 rings (SSSR count). The lowest BCUT2D eigenvalue weighted by molar-refractivity contribution is 0.472. The number of rotatable bonds is 10. The van der Waals surface area contributed by atoms with Gasteiger partial charge in [-0.25, -0.2) is 0 Å². The van der Waals surface area contributed by atoms with Gasteiger partial charge in [0, 0.05) is 6.54 Å². The van der Waals surface area contributed by atoms with Crippen molar-refractivity contribution in [2.75, 3.05) is 13.1 Å². The Kier molecular flexibility index (Phi) is 10.0. The van der Waals surface area contributed by atoms with Gasteiger partial charge in [0.1, 0.15) is 0 Å². The molecule has 1 unspecified atom stereocenters. The SMILES string of the molecule is C=C(C)CNCCCCCCC(C)CC. The molecule has 0 spiro atoms. The molecule has 0 fully saturated rings. The van der Waals surface area contributed by atoms with Crippen molar-refractivity contribution in [1.82, 2.24) is 5.32 Å². The van der Waals surface area contributed by atoms with Crippen LogP contribution < -0.4 is 5.32 Å². The molecule has 0 saturated carbocycles. The lowest BCUT2D eigenvalue weighted by Crippen LogP contribution is -2.16. The summed E-state index contributed by atoms with van der Waals surface area (Å²) in [6.07, 6.45) is 8.25. The van der Waals surface area contributed by atoms with E-state index in [1.54, 1.807) is 0 Å². The zero-order valence-corrected chi connectivity index (χ0v) is 10.9. The standard InChI is InChI=1S/C14H29N/c1-5-14(4)10-8-6-7-9-11-15-12-13(2)3/h14-15H,2,5-12H2,1,3-4H3. The summed E-state index contributed by atoms with van der Waals surface area (Å²) < 4.78 is 0. The van der Waals surface area contributed by atoms with Crippen LogP contribution in [-0.4, -0.2) is 13.1 Å². The van der Waals surface area contributed by atoms with Crippen LogP contribution in [0.25, 0.3) is 0 Å². The predicted octanol–water partition coefficient (Wildman–Crippen LogP) is 4.15. The maximum Gasteiger partial charge on any atom is 0.0159 e. The van der Waals surface area contributed by atoms with Crippen molar-refractivity contribution in [3.05, 3.63) is 12.2 Å². The van der Waals surface area contributed by atoms with Crippen LogP contribution >= 0.6 is 0 Å². The Balaban J connectivity index is 3.02. The summed E-state index contributed by atoms with van der Waals surface area (Å²) in [5.41, 5.74) is 1.23. The Morgan fingerprint density at radius 1 is 1.20 bits per heavy atom. The quantitative estimate of drug-likeness (QED) is 0.423. The number of hydrogen-bond donors (Lipinski definition) is 1. The molecule has 0 radical (unpaired) electrons. The molecule has 15 heavy (non-hydrogen) atoms. The molecule has 1 nitrogen and oxygen atoms in total. The van der Waals surface area contributed by atoms with Gasteiger partial charge in [-0.2, -0.15) is 0 Å². The summed E-state index contributed by atoms with van der Waals surface area (Å²) in [7, 11) is 0. The topological polar surface area (TPSA) is 12.0 Å². The normalized spacial score (nSPS) is 12.7. The molecule has 0 aromatic carbocycles. The molecule has 0 aromatic rings. The molecule has 0 aromatic heterocycles. The average molecular weight is 211 g/mol. The van der Waals surface area contributed by atoms with Crippen molar-refractivity contribution in [2.45, 2.75) is 59.3 Å². The van der Waals surface area contributed by atoms with Crippen LogP contribution in [0, 0.1) is 5.92 Å². The van der Waals surface area contributed by atoms with Gasteiger partial charge in [0.25, 0.3) is 0 Å². The third-order valence-corrected chi connectivity index (χ3v) is 2.92. The van der Waals surface area contributed by atoms with E-state index in [2.05, 4.69) is 32.7 Å².